The lowest BCUT2D eigenvalue weighted by molar-refractivity contribution is 1.27. The molecule has 0 spiro atoms. The summed E-state index contributed by atoms with van der Waals surface area (Å²) < 4.78 is 1.04. The van der Waals surface area contributed by atoms with Crippen LogP contribution >= 0.6 is 15.9 Å². The predicted octanol–water partition coefficient (Wildman–Crippen LogP) is 3.19. The second kappa shape index (κ2) is 3.23. The third kappa shape index (κ3) is 1.48. The lowest BCUT2D eigenvalue weighted by atomic mass is 10.1. The van der Waals surface area contributed by atoms with Gasteiger partial charge in [0.1, 0.15) is 0 Å². The maximum Gasteiger partial charge on any atom is 0.0410 e. The van der Waals surface area contributed by atoms with E-state index < -0.39 is 0 Å². The van der Waals surface area contributed by atoms with Crippen LogP contribution < -0.4 is 0 Å². The van der Waals surface area contributed by atoms with Gasteiger partial charge in [0.05, 0.1) is 0 Å². The van der Waals surface area contributed by atoms with Gasteiger partial charge >= 0.3 is 0 Å². The van der Waals surface area contributed by atoms with Gasteiger partial charge in [-0.1, -0.05) is 18.2 Å². The normalized spacial score (nSPS) is 14.9. The van der Waals surface area contributed by atoms with Gasteiger partial charge in [-0.2, -0.15) is 0 Å². The molecule has 1 aliphatic carbocycles. The Hall–Kier alpha value is -0.890. The predicted molar refractivity (Wildman–Crippen MR) is 53.7 cm³/mol. The lowest BCUT2D eigenvalue weighted by Crippen LogP contribution is -1.82. The van der Waals surface area contributed by atoms with Crippen LogP contribution in [0.15, 0.2) is 41.2 Å². The average Bonchev–Trinajstić information content (AvgIpc) is 2.56. The van der Waals surface area contributed by atoms with Gasteiger partial charge in [0.2, 0.25) is 0 Å². The number of allylic oxidation sites excluding steroid dienone is 4. The Bertz CT molecular complexity index is 353. The zero-order valence-corrected chi connectivity index (χ0v) is 8.08. The molecule has 0 N–H and O–H groups in total. The molecule has 1 nitrogen and oxygen atoms in total. The summed E-state index contributed by atoms with van der Waals surface area (Å²) in [6.45, 7) is 0. The maximum absolute atomic E-state index is 4.11. The zero-order chi connectivity index (χ0) is 8.39. The van der Waals surface area contributed by atoms with Crippen LogP contribution in [0.2, 0.25) is 0 Å². The van der Waals surface area contributed by atoms with E-state index in [-0.39, 0.29) is 0 Å². The van der Waals surface area contributed by atoms with Gasteiger partial charge in [-0.15, -0.1) is 0 Å². The largest absolute Gasteiger partial charge is 0.263 e. The molecule has 0 amide bonds. The number of aromatic nitrogens is 1. The van der Waals surface area contributed by atoms with E-state index in [0.717, 1.165) is 10.9 Å². The van der Waals surface area contributed by atoms with E-state index in [1.807, 2.05) is 6.20 Å². The number of rotatable bonds is 1. The molecule has 0 fully saturated rings. The van der Waals surface area contributed by atoms with Gasteiger partial charge in [-0.3, -0.25) is 4.98 Å². The van der Waals surface area contributed by atoms with E-state index in [1.54, 1.807) is 6.20 Å². The number of hydrogen-bond acceptors (Lipinski definition) is 1. The Morgan fingerprint density at radius 1 is 1.33 bits per heavy atom. The maximum atomic E-state index is 4.11. The Morgan fingerprint density at radius 2 is 2.25 bits per heavy atom. The Labute approximate surface area is 80.0 Å². The highest BCUT2D eigenvalue weighted by atomic mass is 79.9. The first-order chi connectivity index (χ1) is 5.86. The van der Waals surface area contributed by atoms with Crippen molar-refractivity contribution in [3.05, 3.63) is 46.7 Å². The molecular formula is C10H8BrN. The van der Waals surface area contributed by atoms with Crippen molar-refractivity contribution >= 4 is 21.5 Å². The average molecular weight is 222 g/mol. The third-order valence-corrected chi connectivity index (χ3v) is 2.28. The molecule has 0 saturated heterocycles. The van der Waals surface area contributed by atoms with Crippen LogP contribution in [0.3, 0.4) is 0 Å². The second-order valence-electron chi connectivity index (χ2n) is 2.72. The minimum Gasteiger partial charge on any atom is -0.263 e. The summed E-state index contributed by atoms with van der Waals surface area (Å²) in [6.07, 6.45) is 11.1. The van der Waals surface area contributed by atoms with E-state index in [9.17, 15) is 0 Å². The van der Waals surface area contributed by atoms with Crippen LogP contribution in [0.4, 0.5) is 0 Å². The molecule has 0 radical (unpaired) electrons. The van der Waals surface area contributed by atoms with Crippen molar-refractivity contribution in [1.29, 1.82) is 0 Å². The topological polar surface area (TPSA) is 12.9 Å². The van der Waals surface area contributed by atoms with Crippen molar-refractivity contribution in [2.45, 2.75) is 6.42 Å². The smallest absolute Gasteiger partial charge is 0.0410 e. The van der Waals surface area contributed by atoms with Gasteiger partial charge in [-0.25, -0.2) is 0 Å². The molecule has 1 aliphatic rings. The number of pyridine rings is 1. The fourth-order valence-electron chi connectivity index (χ4n) is 1.25. The van der Waals surface area contributed by atoms with Crippen LogP contribution in [0.5, 0.6) is 0 Å². The molecule has 1 aromatic heterocycles. The Kier molecular flexibility index (Phi) is 2.09. The van der Waals surface area contributed by atoms with Gasteiger partial charge in [-0.05, 0) is 39.6 Å². The first kappa shape index (κ1) is 7.74. The van der Waals surface area contributed by atoms with Crippen LogP contribution in [0.1, 0.15) is 12.0 Å². The van der Waals surface area contributed by atoms with Crippen LogP contribution in [0.25, 0.3) is 5.57 Å². The Morgan fingerprint density at radius 3 is 2.92 bits per heavy atom. The summed E-state index contributed by atoms with van der Waals surface area (Å²) >= 11 is 3.40. The highest BCUT2D eigenvalue weighted by Crippen LogP contribution is 2.24. The van der Waals surface area contributed by atoms with Crippen LogP contribution in [-0.4, -0.2) is 4.98 Å². The molecule has 0 aliphatic heterocycles. The van der Waals surface area contributed by atoms with E-state index in [0.29, 0.717) is 0 Å². The summed E-state index contributed by atoms with van der Waals surface area (Å²) in [5, 5.41) is 0. The minimum atomic E-state index is 1.03. The van der Waals surface area contributed by atoms with Crippen molar-refractivity contribution < 1.29 is 0 Å². The first-order valence-corrected chi connectivity index (χ1v) is 4.62. The monoisotopic (exact) mass is 221 g/mol. The standard InChI is InChI=1S/C10H8BrN/c11-10-5-9(6-12-7-10)8-3-1-2-4-8/h1-3,5-7H,4H2. The number of nitrogens with zero attached hydrogens (tertiary/aromatic N) is 1. The summed E-state index contributed by atoms with van der Waals surface area (Å²) in [5.74, 6) is 0. The van der Waals surface area contributed by atoms with Gasteiger partial charge in [0.15, 0.2) is 0 Å². The van der Waals surface area contributed by atoms with Crippen LogP contribution in [-0.2, 0) is 0 Å². The van der Waals surface area contributed by atoms with Gasteiger partial charge < -0.3 is 0 Å². The molecule has 0 bridgehead atoms. The van der Waals surface area contributed by atoms with E-state index in [4.69, 9.17) is 0 Å². The summed E-state index contributed by atoms with van der Waals surface area (Å²) in [5.41, 5.74) is 2.54. The molecule has 2 rings (SSSR count). The summed E-state index contributed by atoms with van der Waals surface area (Å²) in [6, 6.07) is 2.09. The summed E-state index contributed by atoms with van der Waals surface area (Å²) in [7, 11) is 0. The van der Waals surface area contributed by atoms with E-state index >= 15 is 0 Å². The van der Waals surface area contributed by atoms with Crippen molar-refractivity contribution in [3.8, 4) is 0 Å². The van der Waals surface area contributed by atoms with E-state index in [1.165, 1.54) is 11.1 Å². The molecule has 0 atom stereocenters. The molecule has 1 aromatic rings. The van der Waals surface area contributed by atoms with Crippen molar-refractivity contribution in [2.24, 2.45) is 0 Å². The highest BCUT2D eigenvalue weighted by Gasteiger charge is 2.02. The van der Waals surface area contributed by atoms with Crippen LogP contribution in [0, 0.1) is 0 Å². The number of hydrogen-bond donors (Lipinski definition) is 0. The zero-order valence-electron chi connectivity index (χ0n) is 6.50. The molecule has 0 aromatic carbocycles. The van der Waals surface area contributed by atoms with Gasteiger partial charge in [0.25, 0.3) is 0 Å². The van der Waals surface area contributed by atoms with Crippen molar-refractivity contribution in [1.82, 2.24) is 4.98 Å². The number of halogens is 1. The quantitative estimate of drug-likeness (QED) is 0.711. The molecule has 2 heteroatoms. The lowest BCUT2D eigenvalue weighted by Gasteiger charge is -2.00. The van der Waals surface area contributed by atoms with Crippen molar-refractivity contribution in [3.63, 3.8) is 0 Å². The molecule has 1 heterocycles. The molecule has 0 saturated carbocycles. The SMILES string of the molecule is Brc1cncc(C2=CC=CC2)c1. The molecule has 60 valence electrons. The van der Waals surface area contributed by atoms with E-state index in [2.05, 4.69) is 45.2 Å². The molecule has 12 heavy (non-hydrogen) atoms. The molecular weight excluding hydrogens is 214 g/mol. The molecule has 0 unspecified atom stereocenters. The third-order valence-electron chi connectivity index (χ3n) is 1.85. The fourth-order valence-corrected chi connectivity index (χ4v) is 1.61. The Balaban J connectivity index is 2.35. The van der Waals surface area contributed by atoms with Crippen molar-refractivity contribution in [2.75, 3.05) is 0 Å². The highest BCUT2D eigenvalue weighted by molar-refractivity contribution is 9.10. The minimum absolute atomic E-state index is 1.03. The fraction of sp³-hybridized carbons (Fsp3) is 0.100. The second-order valence-corrected chi connectivity index (χ2v) is 3.63. The summed E-state index contributed by atoms with van der Waals surface area (Å²) in [4.78, 5) is 4.11. The van der Waals surface area contributed by atoms with Gasteiger partial charge in [0, 0.05) is 16.9 Å². The first-order valence-electron chi connectivity index (χ1n) is 3.83.